The van der Waals surface area contributed by atoms with Gasteiger partial charge in [-0.05, 0) is 36.0 Å². The lowest BCUT2D eigenvalue weighted by Crippen LogP contribution is -2.17. The number of benzene rings is 1. The van der Waals surface area contributed by atoms with E-state index in [1.807, 2.05) is 12.1 Å². The predicted octanol–water partition coefficient (Wildman–Crippen LogP) is 3.07. The summed E-state index contributed by atoms with van der Waals surface area (Å²) in [6, 6.07) is 7.37. The van der Waals surface area contributed by atoms with Crippen molar-refractivity contribution in [1.29, 1.82) is 0 Å². The van der Waals surface area contributed by atoms with Crippen LogP contribution in [-0.4, -0.2) is 28.8 Å². The maximum atomic E-state index is 10.5. The SMILES string of the molecule is CC(C)(CCCCC(=O)O)c1ccc(OCC(=O)O)cc1. The van der Waals surface area contributed by atoms with Crippen molar-refractivity contribution in [1.82, 2.24) is 0 Å². The fourth-order valence-electron chi connectivity index (χ4n) is 2.13. The molecule has 0 radical (unpaired) electrons. The molecule has 0 aliphatic carbocycles. The molecule has 0 aliphatic rings. The van der Waals surface area contributed by atoms with Crippen LogP contribution in [0.1, 0.15) is 45.1 Å². The van der Waals surface area contributed by atoms with Crippen LogP contribution < -0.4 is 4.74 Å². The number of hydrogen-bond acceptors (Lipinski definition) is 3. The number of hydrogen-bond donors (Lipinski definition) is 2. The van der Waals surface area contributed by atoms with Gasteiger partial charge < -0.3 is 14.9 Å². The van der Waals surface area contributed by atoms with Crippen LogP contribution in [0.15, 0.2) is 24.3 Å². The molecule has 0 saturated carbocycles. The maximum absolute atomic E-state index is 10.5. The van der Waals surface area contributed by atoms with E-state index in [0.29, 0.717) is 12.2 Å². The van der Waals surface area contributed by atoms with Gasteiger partial charge in [-0.3, -0.25) is 4.79 Å². The molecule has 0 saturated heterocycles. The van der Waals surface area contributed by atoms with Gasteiger partial charge in [0.15, 0.2) is 6.61 Å². The van der Waals surface area contributed by atoms with Gasteiger partial charge in [0.25, 0.3) is 0 Å². The first-order chi connectivity index (χ1) is 9.81. The van der Waals surface area contributed by atoms with Crippen molar-refractivity contribution in [2.24, 2.45) is 0 Å². The Morgan fingerprint density at radius 2 is 1.67 bits per heavy atom. The normalized spacial score (nSPS) is 11.1. The minimum absolute atomic E-state index is 0.0518. The Morgan fingerprint density at radius 3 is 2.19 bits per heavy atom. The van der Waals surface area contributed by atoms with Crippen LogP contribution in [0, 0.1) is 0 Å². The van der Waals surface area contributed by atoms with Crippen LogP contribution >= 0.6 is 0 Å². The van der Waals surface area contributed by atoms with Gasteiger partial charge in [0.05, 0.1) is 0 Å². The number of rotatable bonds is 9. The minimum Gasteiger partial charge on any atom is -0.482 e. The van der Waals surface area contributed by atoms with E-state index < -0.39 is 11.9 Å². The third-order valence-corrected chi connectivity index (χ3v) is 3.44. The van der Waals surface area contributed by atoms with E-state index in [9.17, 15) is 9.59 Å². The Balaban J connectivity index is 2.53. The van der Waals surface area contributed by atoms with Gasteiger partial charge in [0, 0.05) is 6.42 Å². The second-order valence-corrected chi connectivity index (χ2v) is 5.69. The molecule has 1 aromatic carbocycles. The fourth-order valence-corrected chi connectivity index (χ4v) is 2.13. The summed E-state index contributed by atoms with van der Waals surface area (Å²) in [6.07, 6.45) is 2.64. The summed E-state index contributed by atoms with van der Waals surface area (Å²) in [5.74, 6) is -1.23. The van der Waals surface area contributed by atoms with Gasteiger partial charge in [0.1, 0.15) is 5.75 Å². The standard InChI is InChI=1S/C16H22O5/c1-16(2,10-4-3-5-14(17)18)12-6-8-13(9-7-12)21-11-15(19)20/h6-9H,3-5,10-11H2,1-2H3,(H,17,18)(H,19,20). The van der Waals surface area contributed by atoms with Crippen molar-refractivity contribution < 1.29 is 24.5 Å². The molecule has 0 bridgehead atoms. The van der Waals surface area contributed by atoms with E-state index in [0.717, 1.165) is 18.4 Å². The van der Waals surface area contributed by atoms with E-state index in [1.165, 1.54) is 0 Å². The smallest absolute Gasteiger partial charge is 0.341 e. The van der Waals surface area contributed by atoms with Crippen LogP contribution in [0.3, 0.4) is 0 Å². The first kappa shape index (κ1) is 17.0. The summed E-state index contributed by atoms with van der Waals surface area (Å²) >= 11 is 0. The van der Waals surface area contributed by atoms with E-state index in [-0.39, 0.29) is 18.4 Å². The van der Waals surface area contributed by atoms with Gasteiger partial charge >= 0.3 is 11.9 Å². The first-order valence-electron chi connectivity index (χ1n) is 6.98. The topological polar surface area (TPSA) is 83.8 Å². The average molecular weight is 294 g/mol. The van der Waals surface area contributed by atoms with E-state index >= 15 is 0 Å². The molecule has 5 nitrogen and oxygen atoms in total. The van der Waals surface area contributed by atoms with Gasteiger partial charge in [-0.25, -0.2) is 4.79 Å². The third kappa shape index (κ3) is 6.29. The van der Waals surface area contributed by atoms with Crippen molar-refractivity contribution in [3.05, 3.63) is 29.8 Å². The second-order valence-electron chi connectivity index (χ2n) is 5.69. The number of unbranched alkanes of at least 4 members (excludes halogenated alkanes) is 1. The molecule has 1 rings (SSSR count). The van der Waals surface area contributed by atoms with Crippen molar-refractivity contribution >= 4 is 11.9 Å². The number of aliphatic carboxylic acids is 2. The van der Waals surface area contributed by atoms with E-state index in [4.69, 9.17) is 14.9 Å². The molecule has 5 heteroatoms. The lowest BCUT2D eigenvalue weighted by atomic mass is 9.80. The van der Waals surface area contributed by atoms with Gasteiger partial charge in [0.2, 0.25) is 0 Å². The lowest BCUT2D eigenvalue weighted by molar-refractivity contribution is -0.139. The van der Waals surface area contributed by atoms with E-state index in [1.54, 1.807) is 12.1 Å². The molecule has 0 spiro atoms. The predicted molar refractivity (Wildman–Crippen MR) is 78.7 cm³/mol. The van der Waals surface area contributed by atoms with Crippen LogP contribution in [-0.2, 0) is 15.0 Å². The second kappa shape index (κ2) is 7.67. The highest BCUT2D eigenvalue weighted by atomic mass is 16.5. The number of ether oxygens (including phenoxy) is 1. The molecule has 0 unspecified atom stereocenters. The first-order valence-corrected chi connectivity index (χ1v) is 6.98. The van der Waals surface area contributed by atoms with Gasteiger partial charge in [-0.1, -0.05) is 32.4 Å². The molecule has 0 amide bonds. The molecule has 116 valence electrons. The van der Waals surface area contributed by atoms with Crippen molar-refractivity contribution in [2.45, 2.75) is 44.9 Å². The molecule has 21 heavy (non-hydrogen) atoms. The van der Waals surface area contributed by atoms with Crippen LogP contribution in [0.2, 0.25) is 0 Å². The molecule has 0 aliphatic heterocycles. The maximum Gasteiger partial charge on any atom is 0.341 e. The Bertz CT molecular complexity index is 476. The Morgan fingerprint density at radius 1 is 1.05 bits per heavy atom. The summed E-state index contributed by atoms with van der Waals surface area (Å²) in [5, 5.41) is 17.2. The fraction of sp³-hybridized carbons (Fsp3) is 0.500. The molecule has 0 atom stereocenters. The highest BCUT2D eigenvalue weighted by Crippen LogP contribution is 2.30. The van der Waals surface area contributed by atoms with Gasteiger partial charge in [-0.15, -0.1) is 0 Å². The highest BCUT2D eigenvalue weighted by molar-refractivity contribution is 5.68. The Labute approximate surface area is 124 Å². The zero-order valence-electron chi connectivity index (χ0n) is 12.5. The average Bonchev–Trinajstić information content (AvgIpc) is 2.41. The van der Waals surface area contributed by atoms with Crippen LogP contribution in [0.4, 0.5) is 0 Å². The number of carboxylic acids is 2. The summed E-state index contributed by atoms with van der Waals surface area (Å²) < 4.78 is 5.10. The molecule has 0 heterocycles. The molecule has 0 fully saturated rings. The van der Waals surface area contributed by atoms with E-state index in [2.05, 4.69) is 13.8 Å². The summed E-state index contributed by atoms with van der Waals surface area (Å²) in [5.41, 5.74) is 1.07. The molecule has 0 aromatic heterocycles. The monoisotopic (exact) mass is 294 g/mol. The van der Waals surface area contributed by atoms with Crippen molar-refractivity contribution in [3.63, 3.8) is 0 Å². The highest BCUT2D eigenvalue weighted by Gasteiger charge is 2.20. The minimum atomic E-state index is -1.00. The molecule has 1 aromatic rings. The van der Waals surface area contributed by atoms with Gasteiger partial charge in [-0.2, -0.15) is 0 Å². The van der Waals surface area contributed by atoms with Crippen LogP contribution in [0.25, 0.3) is 0 Å². The largest absolute Gasteiger partial charge is 0.482 e. The molecular formula is C16H22O5. The zero-order valence-corrected chi connectivity index (χ0v) is 12.5. The summed E-state index contributed by atoms with van der Waals surface area (Å²) in [7, 11) is 0. The zero-order chi connectivity index (χ0) is 15.9. The number of carboxylic acid groups (broad SMARTS) is 2. The number of carbonyl (C=O) groups is 2. The molecular weight excluding hydrogens is 272 g/mol. The third-order valence-electron chi connectivity index (χ3n) is 3.44. The van der Waals surface area contributed by atoms with Crippen molar-refractivity contribution in [3.8, 4) is 5.75 Å². The summed E-state index contributed by atoms with van der Waals surface area (Å²) in [4.78, 5) is 20.9. The summed E-state index contributed by atoms with van der Waals surface area (Å²) in [6.45, 7) is 3.87. The molecule has 2 N–H and O–H groups in total. The van der Waals surface area contributed by atoms with Crippen LogP contribution in [0.5, 0.6) is 5.75 Å². The van der Waals surface area contributed by atoms with Crippen molar-refractivity contribution in [2.75, 3.05) is 6.61 Å². The Kier molecular flexibility index (Phi) is 6.21. The lowest BCUT2D eigenvalue weighted by Gasteiger charge is -2.25. The Hall–Kier alpha value is -2.04. The quantitative estimate of drug-likeness (QED) is 0.684.